The highest BCUT2D eigenvalue weighted by molar-refractivity contribution is 5.75. The van der Waals surface area contributed by atoms with Crippen LogP contribution in [0.25, 0.3) is 0 Å². The molecule has 12 heavy (non-hydrogen) atoms. The van der Waals surface area contributed by atoms with Crippen molar-refractivity contribution in [1.82, 2.24) is 9.80 Å². The highest BCUT2D eigenvalue weighted by Gasteiger charge is 2.22. The van der Waals surface area contributed by atoms with Gasteiger partial charge in [-0.15, -0.1) is 0 Å². The SMILES string of the molecule is CCC(=O)N1CCN(C)[C@H](C)C1. The fourth-order valence-electron chi connectivity index (χ4n) is 1.50. The standard InChI is InChI=1S/C9H18N2O/c1-4-9(12)11-6-5-10(3)8(2)7-11/h8H,4-7H2,1-3H3/t8-/m1/s1. The minimum atomic E-state index is 0.287. The topological polar surface area (TPSA) is 23.6 Å². The zero-order valence-corrected chi connectivity index (χ0v) is 8.21. The van der Waals surface area contributed by atoms with Gasteiger partial charge in [0, 0.05) is 32.1 Å². The molecule has 0 radical (unpaired) electrons. The first-order valence-electron chi connectivity index (χ1n) is 4.63. The largest absolute Gasteiger partial charge is 0.340 e. The Kier molecular flexibility index (Phi) is 3.09. The molecule has 0 bridgehead atoms. The monoisotopic (exact) mass is 170 g/mol. The third-order valence-electron chi connectivity index (χ3n) is 2.61. The highest BCUT2D eigenvalue weighted by Crippen LogP contribution is 2.07. The van der Waals surface area contributed by atoms with Gasteiger partial charge >= 0.3 is 0 Å². The summed E-state index contributed by atoms with van der Waals surface area (Å²) in [6.45, 7) is 6.88. The predicted octanol–water partition coefficient (Wildman–Crippen LogP) is 0.559. The predicted molar refractivity (Wildman–Crippen MR) is 49.0 cm³/mol. The zero-order valence-electron chi connectivity index (χ0n) is 8.21. The van der Waals surface area contributed by atoms with E-state index in [2.05, 4.69) is 18.9 Å². The van der Waals surface area contributed by atoms with Crippen LogP contribution in [0.4, 0.5) is 0 Å². The van der Waals surface area contributed by atoms with Crippen molar-refractivity contribution in [3.05, 3.63) is 0 Å². The van der Waals surface area contributed by atoms with Crippen LogP contribution in [0.1, 0.15) is 20.3 Å². The Hall–Kier alpha value is -0.570. The quantitative estimate of drug-likeness (QED) is 0.574. The summed E-state index contributed by atoms with van der Waals surface area (Å²) in [4.78, 5) is 15.6. The fraction of sp³-hybridized carbons (Fsp3) is 0.889. The molecule has 3 heteroatoms. The highest BCUT2D eigenvalue weighted by atomic mass is 16.2. The fourth-order valence-corrected chi connectivity index (χ4v) is 1.50. The molecule has 0 spiro atoms. The first kappa shape index (κ1) is 9.52. The molecule has 1 atom stereocenters. The van der Waals surface area contributed by atoms with Crippen LogP contribution in [0.5, 0.6) is 0 Å². The van der Waals surface area contributed by atoms with Crippen LogP contribution in [0, 0.1) is 0 Å². The van der Waals surface area contributed by atoms with Crippen molar-refractivity contribution < 1.29 is 4.79 Å². The normalized spacial score (nSPS) is 25.9. The second-order valence-corrected chi connectivity index (χ2v) is 3.52. The van der Waals surface area contributed by atoms with Gasteiger partial charge in [0.15, 0.2) is 0 Å². The lowest BCUT2D eigenvalue weighted by Crippen LogP contribution is -2.51. The molecule has 1 amide bonds. The molecule has 0 aliphatic carbocycles. The Morgan fingerprint density at radius 2 is 2.17 bits per heavy atom. The van der Waals surface area contributed by atoms with Gasteiger partial charge in [-0.3, -0.25) is 4.79 Å². The number of nitrogens with zero attached hydrogens (tertiary/aromatic N) is 2. The van der Waals surface area contributed by atoms with E-state index in [4.69, 9.17) is 0 Å². The Morgan fingerprint density at radius 3 is 2.67 bits per heavy atom. The van der Waals surface area contributed by atoms with Crippen LogP contribution < -0.4 is 0 Å². The van der Waals surface area contributed by atoms with Gasteiger partial charge in [0.05, 0.1) is 0 Å². The van der Waals surface area contributed by atoms with Gasteiger partial charge < -0.3 is 9.80 Å². The van der Waals surface area contributed by atoms with E-state index in [1.54, 1.807) is 0 Å². The van der Waals surface area contributed by atoms with Gasteiger partial charge in [-0.05, 0) is 14.0 Å². The van der Waals surface area contributed by atoms with Crippen molar-refractivity contribution in [3.63, 3.8) is 0 Å². The second kappa shape index (κ2) is 3.90. The summed E-state index contributed by atoms with van der Waals surface area (Å²) in [5, 5.41) is 0. The van der Waals surface area contributed by atoms with Gasteiger partial charge in [0.2, 0.25) is 5.91 Å². The molecule has 1 heterocycles. The van der Waals surface area contributed by atoms with E-state index in [1.165, 1.54) is 0 Å². The first-order chi connectivity index (χ1) is 5.65. The van der Waals surface area contributed by atoms with Crippen molar-refractivity contribution in [3.8, 4) is 0 Å². The number of rotatable bonds is 1. The van der Waals surface area contributed by atoms with Crippen molar-refractivity contribution in [2.75, 3.05) is 26.7 Å². The zero-order chi connectivity index (χ0) is 9.14. The van der Waals surface area contributed by atoms with Crippen molar-refractivity contribution in [1.29, 1.82) is 0 Å². The molecule has 70 valence electrons. The van der Waals surface area contributed by atoms with Crippen LogP contribution in [0.15, 0.2) is 0 Å². The van der Waals surface area contributed by atoms with E-state index in [-0.39, 0.29) is 5.91 Å². The van der Waals surface area contributed by atoms with Gasteiger partial charge in [-0.2, -0.15) is 0 Å². The summed E-state index contributed by atoms with van der Waals surface area (Å²) >= 11 is 0. The van der Waals surface area contributed by atoms with Crippen LogP contribution in [0.3, 0.4) is 0 Å². The van der Waals surface area contributed by atoms with E-state index in [1.807, 2.05) is 11.8 Å². The molecule has 0 aromatic heterocycles. The minimum absolute atomic E-state index is 0.287. The molecule has 0 N–H and O–H groups in total. The summed E-state index contributed by atoms with van der Waals surface area (Å²) < 4.78 is 0. The van der Waals surface area contributed by atoms with E-state index in [0.29, 0.717) is 12.5 Å². The van der Waals surface area contributed by atoms with Crippen LogP contribution >= 0.6 is 0 Å². The first-order valence-corrected chi connectivity index (χ1v) is 4.63. The molecule has 0 saturated carbocycles. The second-order valence-electron chi connectivity index (χ2n) is 3.52. The summed E-state index contributed by atoms with van der Waals surface area (Å²) in [6, 6.07) is 0.509. The van der Waals surface area contributed by atoms with E-state index >= 15 is 0 Å². The lowest BCUT2D eigenvalue weighted by atomic mass is 10.2. The van der Waals surface area contributed by atoms with E-state index in [0.717, 1.165) is 19.6 Å². The molecule has 0 aromatic carbocycles. The lowest BCUT2D eigenvalue weighted by Gasteiger charge is -2.37. The Labute approximate surface area is 74.3 Å². The van der Waals surface area contributed by atoms with Crippen LogP contribution in [-0.4, -0.2) is 48.4 Å². The van der Waals surface area contributed by atoms with Gasteiger partial charge in [-0.25, -0.2) is 0 Å². The van der Waals surface area contributed by atoms with Gasteiger partial charge in [0.25, 0.3) is 0 Å². The minimum Gasteiger partial charge on any atom is -0.340 e. The van der Waals surface area contributed by atoms with Crippen molar-refractivity contribution in [2.24, 2.45) is 0 Å². The Bertz CT molecular complexity index is 170. The van der Waals surface area contributed by atoms with Gasteiger partial charge in [0.1, 0.15) is 0 Å². The molecule has 1 saturated heterocycles. The van der Waals surface area contributed by atoms with Crippen LogP contribution in [-0.2, 0) is 4.79 Å². The molecule has 0 unspecified atom stereocenters. The number of likely N-dealkylation sites (N-methyl/N-ethyl adjacent to an activating group) is 1. The maximum absolute atomic E-state index is 11.3. The lowest BCUT2D eigenvalue weighted by molar-refractivity contribution is -0.133. The number of hydrogen-bond donors (Lipinski definition) is 0. The molecular weight excluding hydrogens is 152 g/mol. The third-order valence-corrected chi connectivity index (χ3v) is 2.61. The molecule has 0 aromatic rings. The summed E-state index contributed by atoms with van der Waals surface area (Å²) in [7, 11) is 2.11. The number of piperazine rings is 1. The molecule has 3 nitrogen and oxygen atoms in total. The van der Waals surface area contributed by atoms with E-state index < -0.39 is 0 Å². The number of hydrogen-bond acceptors (Lipinski definition) is 2. The average molecular weight is 170 g/mol. The summed E-state index contributed by atoms with van der Waals surface area (Å²) in [5.41, 5.74) is 0. The Balaban J connectivity index is 2.45. The molecule has 1 fully saturated rings. The number of carbonyl (C=O) groups is 1. The average Bonchev–Trinajstić information content (AvgIpc) is 2.08. The van der Waals surface area contributed by atoms with Crippen LogP contribution in [0.2, 0.25) is 0 Å². The molecular formula is C9H18N2O. The number of amides is 1. The molecule has 1 aliphatic rings. The summed E-state index contributed by atoms with van der Waals surface area (Å²) in [6.07, 6.45) is 0.635. The van der Waals surface area contributed by atoms with Crippen molar-refractivity contribution >= 4 is 5.91 Å². The summed E-state index contributed by atoms with van der Waals surface area (Å²) in [5.74, 6) is 0.287. The maximum atomic E-state index is 11.3. The molecule has 1 rings (SSSR count). The Morgan fingerprint density at radius 1 is 1.50 bits per heavy atom. The van der Waals surface area contributed by atoms with Gasteiger partial charge in [-0.1, -0.05) is 6.92 Å². The number of carbonyl (C=O) groups excluding carboxylic acids is 1. The maximum Gasteiger partial charge on any atom is 0.222 e. The third kappa shape index (κ3) is 1.97. The van der Waals surface area contributed by atoms with Crippen molar-refractivity contribution in [2.45, 2.75) is 26.3 Å². The molecule has 1 aliphatic heterocycles. The smallest absolute Gasteiger partial charge is 0.222 e. The van der Waals surface area contributed by atoms with E-state index in [9.17, 15) is 4.79 Å².